The van der Waals surface area contributed by atoms with Crippen molar-refractivity contribution in [3.8, 4) is 0 Å². The van der Waals surface area contributed by atoms with Crippen LogP contribution in [0.4, 0.5) is 39.4 Å². The fraction of sp³-hybridized carbons (Fsp3) is 0.0909. The summed E-state index contributed by atoms with van der Waals surface area (Å²) < 4.78 is 64.5. The van der Waals surface area contributed by atoms with E-state index in [0.29, 0.717) is 6.07 Å². The summed E-state index contributed by atoms with van der Waals surface area (Å²) in [4.78, 5) is 6.52. The summed E-state index contributed by atoms with van der Waals surface area (Å²) in [7, 11) is 0. The fourth-order valence-corrected chi connectivity index (χ4v) is 1.75. The van der Waals surface area contributed by atoms with E-state index in [4.69, 9.17) is 5.73 Å². The Kier molecular flexibility index (Phi) is 3.99. The lowest BCUT2D eigenvalue weighted by molar-refractivity contribution is -0.141. The van der Waals surface area contributed by atoms with Crippen LogP contribution in [0.3, 0.4) is 0 Å². The van der Waals surface area contributed by atoms with E-state index in [0.717, 1.165) is 12.1 Å². The highest BCUT2D eigenvalue weighted by atomic mass is 79.9. The molecule has 0 aliphatic heterocycles. The van der Waals surface area contributed by atoms with Gasteiger partial charge < -0.3 is 11.1 Å². The molecule has 2 rings (SSSR count). The number of halogens is 6. The molecule has 10 heteroatoms. The highest BCUT2D eigenvalue weighted by molar-refractivity contribution is 9.10. The van der Waals surface area contributed by atoms with Crippen LogP contribution >= 0.6 is 15.9 Å². The zero-order valence-corrected chi connectivity index (χ0v) is 11.6. The number of benzene rings is 1. The number of nitrogens with one attached hydrogen (secondary N) is 1. The Balaban J connectivity index is 2.40. The summed E-state index contributed by atoms with van der Waals surface area (Å²) in [5.74, 6) is -2.73. The number of aromatic nitrogens is 2. The Morgan fingerprint density at radius 2 is 1.71 bits per heavy atom. The molecular weight excluding hydrogens is 363 g/mol. The largest absolute Gasteiger partial charge is 0.433 e. The molecule has 0 aliphatic carbocycles. The number of nitrogens with two attached hydrogens (primary N) is 1. The van der Waals surface area contributed by atoms with E-state index in [1.165, 1.54) is 0 Å². The lowest BCUT2D eigenvalue weighted by Gasteiger charge is -2.11. The molecule has 0 fully saturated rings. The molecule has 0 saturated heterocycles. The van der Waals surface area contributed by atoms with E-state index in [9.17, 15) is 22.0 Å². The number of alkyl halides is 3. The summed E-state index contributed by atoms with van der Waals surface area (Å²) in [6.45, 7) is 0. The third kappa shape index (κ3) is 3.57. The van der Waals surface area contributed by atoms with Gasteiger partial charge in [-0.1, -0.05) is 0 Å². The molecule has 0 unspecified atom stereocenters. The minimum absolute atomic E-state index is 0.122. The van der Waals surface area contributed by atoms with Gasteiger partial charge in [0.15, 0.2) is 5.69 Å². The van der Waals surface area contributed by atoms with Gasteiger partial charge in [0.1, 0.15) is 17.5 Å². The molecule has 0 aliphatic rings. The van der Waals surface area contributed by atoms with Crippen LogP contribution in [0.5, 0.6) is 0 Å². The molecule has 1 aromatic heterocycles. The lowest BCUT2D eigenvalue weighted by atomic mass is 10.3. The van der Waals surface area contributed by atoms with Gasteiger partial charge in [0.05, 0.1) is 10.2 Å². The Bertz CT molecular complexity index is 689. The van der Waals surface area contributed by atoms with Gasteiger partial charge in [-0.15, -0.1) is 0 Å². The minimum atomic E-state index is -4.74. The molecule has 0 atom stereocenters. The van der Waals surface area contributed by atoms with Crippen molar-refractivity contribution in [1.29, 1.82) is 0 Å². The van der Waals surface area contributed by atoms with Gasteiger partial charge in [0, 0.05) is 12.1 Å². The topological polar surface area (TPSA) is 63.8 Å². The number of rotatable bonds is 2. The SMILES string of the molecule is Nc1nc(Nc2cc(F)c(Br)cc2F)cc(C(F)(F)F)n1. The first-order chi connectivity index (χ1) is 9.66. The van der Waals surface area contributed by atoms with E-state index in [1.807, 2.05) is 0 Å². The number of hydrogen-bond donors (Lipinski definition) is 2. The monoisotopic (exact) mass is 368 g/mol. The first-order valence-electron chi connectivity index (χ1n) is 5.30. The Hall–Kier alpha value is -1.97. The molecule has 0 saturated carbocycles. The van der Waals surface area contributed by atoms with Crippen molar-refractivity contribution in [3.05, 3.63) is 40.0 Å². The van der Waals surface area contributed by atoms with Gasteiger partial charge >= 0.3 is 6.18 Å². The molecule has 2 aromatic rings. The maximum Gasteiger partial charge on any atom is 0.433 e. The van der Waals surface area contributed by atoms with Gasteiger partial charge in [0.25, 0.3) is 0 Å². The second kappa shape index (κ2) is 5.43. The third-order valence-electron chi connectivity index (χ3n) is 2.31. The molecule has 0 radical (unpaired) electrons. The Labute approximate surface area is 123 Å². The van der Waals surface area contributed by atoms with E-state index < -0.39 is 35.3 Å². The van der Waals surface area contributed by atoms with E-state index in [-0.39, 0.29) is 10.2 Å². The van der Waals surface area contributed by atoms with Crippen molar-refractivity contribution in [2.45, 2.75) is 6.18 Å². The Morgan fingerprint density at radius 1 is 1.05 bits per heavy atom. The second-order valence-corrected chi connectivity index (χ2v) is 4.72. The van der Waals surface area contributed by atoms with Crippen molar-refractivity contribution >= 4 is 33.4 Å². The van der Waals surface area contributed by atoms with E-state index in [1.54, 1.807) is 0 Å². The highest BCUT2D eigenvalue weighted by Gasteiger charge is 2.33. The zero-order chi connectivity index (χ0) is 15.8. The van der Waals surface area contributed by atoms with Crippen LogP contribution in [-0.2, 0) is 6.18 Å². The van der Waals surface area contributed by atoms with Crippen molar-refractivity contribution in [3.63, 3.8) is 0 Å². The van der Waals surface area contributed by atoms with Crippen LogP contribution in [0.15, 0.2) is 22.7 Å². The number of nitrogen functional groups attached to an aromatic ring is 1. The van der Waals surface area contributed by atoms with Gasteiger partial charge in [-0.2, -0.15) is 18.2 Å². The second-order valence-electron chi connectivity index (χ2n) is 3.87. The van der Waals surface area contributed by atoms with E-state index in [2.05, 4.69) is 31.2 Å². The maximum absolute atomic E-state index is 13.6. The van der Waals surface area contributed by atoms with Gasteiger partial charge in [-0.05, 0) is 22.0 Å². The molecule has 21 heavy (non-hydrogen) atoms. The minimum Gasteiger partial charge on any atom is -0.368 e. The summed E-state index contributed by atoms with van der Waals surface area (Å²) in [6, 6.07) is 2.13. The van der Waals surface area contributed by atoms with Crippen LogP contribution in [0.25, 0.3) is 0 Å². The van der Waals surface area contributed by atoms with Gasteiger partial charge in [0.2, 0.25) is 5.95 Å². The lowest BCUT2D eigenvalue weighted by Crippen LogP contribution is -2.12. The van der Waals surface area contributed by atoms with Gasteiger partial charge in [-0.3, -0.25) is 0 Å². The van der Waals surface area contributed by atoms with Crippen LogP contribution in [0, 0.1) is 11.6 Å². The Morgan fingerprint density at radius 3 is 2.33 bits per heavy atom. The van der Waals surface area contributed by atoms with Crippen LogP contribution in [-0.4, -0.2) is 9.97 Å². The summed E-state index contributed by atoms with van der Waals surface area (Å²) in [5, 5.41) is 2.23. The number of anilines is 3. The fourth-order valence-electron chi connectivity index (χ4n) is 1.43. The highest BCUT2D eigenvalue weighted by Crippen LogP contribution is 2.31. The average molecular weight is 369 g/mol. The molecule has 4 nitrogen and oxygen atoms in total. The first kappa shape index (κ1) is 15.4. The summed E-state index contributed by atoms with van der Waals surface area (Å²) in [5.41, 5.74) is 3.48. The zero-order valence-electron chi connectivity index (χ0n) is 9.97. The van der Waals surface area contributed by atoms with Crippen LogP contribution in [0.2, 0.25) is 0 Å². The normalized spacial score (nSPS) is 11.5. The molecule has 0 bridgehead atoms. The van der Waals surface area contributed by atoms with Crippen LogP contribution < -0.4 is 11.1 Å². The molecule has 1 heterocycles. The van der Waals surface area contributed by atoms with Crippen molar-refractivity contribution in [2.24, 2.45) is 0 Å². The smallest absolute Gasteiger partial charge is 0.368 e. The average Bonchev–Trinajstić information content (AvgIpc) is 2.34. The molecule has 0 spiro atoms. The molecule has 0 amide bonds. The number of hydrogen-bond acceptors (Lipinski definition) is 4. The summed E-state index contributed by atoms with van der Waals surface area (Å²) >= 11 is 2.78. The van der Waals surface area contributed by atoms with Crippen molar-refractivity contribution < 1.29 is 22.0 Å². The van der Waals surface area contributed by atoms with E-state index >= 15 is 0 Å². The number of nitrogens with zero attached hydrogens (tertiary/aromatic N) is 2. The maximum atomic E-state index is 13.6. The summed E-state index contributed by atoms with van der Waals surface area (Å²) in [6.07, 6.45) is -4.74. The molecule has 1 aromatic carbocycles. The first-order valence-corrected chi connectivity index (χ1v) is 6.09. The predicted octanol–water partition coefficient (Wildman–Crippen LogP) is 3.86. The van der Waals surface area contributed by atoms with Gasteiger partial charge in [-0.25, -0.2) is 13.8 Å². The van der Waals surface area contributed by atoms with Crippen molar-refractivity contribution in [2.75, 3.05) is 11.1 Å². The standard InChI is InChI=1S/C11H6BrF5N4/c12-4-1-6(14)7(2-5(4)13)19-9-3-8(11(15,16)17)20-10(18)21-9/h1-3H,(H3,18,19,20,21). The predicted molar refractivity (Wildman–Crippen MR) is 68.8 cm³/mol. The quantitative estimate of drug-likeness (QED) is 0.624. The van der Waals surface area contributed by atoms with Crippen molar-refractivity contribution in [1.82, 2.24) is 9.97 Å². The molecule has 112 valence electrons. The third-order valence-corrected chi connectivity index (χ3v) is 2.91. The molecule has 3 N–H and O–H groups in total. The van der Waals surface area contributed by atoms with Crippen LogP contribution in [0.1, 0.15) is 5.69 Å². The molecular formula is C11H6BrF5N4.